The van der Waals surface area contributed by atoms with Crippen LogP contribution >= 0.6 is 0 Å². The summed E-state index contributed by atoms with van der Waals surface area (Å²) in [7, 11) is 0. The van der Waals surface area contributed by atoms with E-state index in [1.165, 1.54) is 12.8 Å². The molecule has 1 heterocycles. The maximum Gasteiger partial charge on any atom is 0.0734 e. The molecule has 0 aromatic rings. The predicted octanol–water partition coefficient (Wildman–Crippen LogP) is 1.80. The van der Waals surface area contributed by atoms with Crippen LogP contribution in [0.3, 0.4) is 0 Å². The summed E-state index contributed by atoms with van der Waals surface area (Å²) in [5, 5.41) is 3.66. The Hall–Kier alpha value is -0.0800. The van der Waals surface area contributed by atoms with Gasteiger partial charge in [0.1, 0.15) is 0 Å². The zero-order chi connectivity index (χ0) is 9.42. The summed E-state index contributed by atoms with van der Waals surface area (Å²) in [6.07, 6.45) is 3.08. The highest BCUT2D eigenvalue weighted by Crippen LogP contribution is 2.32. The fourth-order valence-electron chi connectivity index (χ4n) is 2.88. The molecule has 76 valence electrons. The summed E-state index contributed by atoms with van der Waals surface area (Å²) in [5.74, 6) is 1.61. The summed E-state index contributed by atoms with van der Waals surface area (Å²) in [5.41, 5.74) is 0. The average molecular weight is 183 g/mol. The summed E-state index contributed by atoms with van der Waals surface area (Å²) >= 11 is 0. The first-order valence-corrected chi connectivity index (χ1v) is 5.54. The molecule has 1 aliphatic carbocycles. The number of rotatable bonds is 0. The molecule has 1 aliphatic heterocycles. The highest BCUT2D eigenvalue weighted by Gasteiger charge is 2.37. The maximum atomic E-state index is 5.87. The van der Waals surface area contributed by atoms with Gasteiger partial charge in [0.2, 0.25) is 0 Å². The molecule has 2 nitrogen and oxygen atoms in total. The van der Waals surface area contributed by atoms with Gasteiger partial charge in [0.25, 0.3) is 0 Å². The minimum Gasteiger partial charge on any atom is -0.375 e. The van der Waals surface area contributed by atoms with Gasteiger partial charge in [0.05, 0.1) is 12.7 Å². The molecule has 5 unspecified atom stereocenters. The number of fused-ring (bicyclic) bond motifs is 1. The lowest BCUT2D eigenvalue weighted by molar-refractivity contribution is -0.0690. The van der Waals surface area contributed by atoms with E-state index in [4.69, 9.17) is 4.74 Å². The topological polar surface area (TPSA) is 21.3 Å². The minimum atomic E-state index is 0.481. The van der Waals surface area contributed by atoms with Gasteiger partial charge in [-0.1, -0.05) is 13.8 Å². The van der Waals surface area contributed by atoms with Crippen molar-refractivity contribution in [1.29, 1.82) is 0 Å². The van der Waals surface area contributed by atoms with Gasteiger partial charge in [0, 0.05) is 12.1 Å². The normalized spacial score (nSPS) is 51.5. The second-order valence-electron chi connectivity index (χ2n) is 5.02. The molecule has 1 saturated carbocycles. The lowest BCUT2D eigenvalue weighted by Gasteiger charge is -2.45. The summed E-state index contributed by atoms with van der Waals surface area (Å²) < 4.78 is 5.87. The zero-order valence-electron chi connectivity index (χ0n) is 8.92. The fraction of sp³-hybridized carbons (Fsp3) is 1.00. The van der Waals surface area contributed by atoms with Crippen LogP contribution in [0.25, 0.3) is 0 Å². The van der Waals surface area contributed by atoms with Crippen molar-refractivity contribution in [3.63, 3.8) is 0 Å². The van der Waals surface area contributed by atoms with E-state index in [0.717, 1.165) is 18.4 Å². The number of hydrogen-bond donors (Lipinski definition) is 1. The number of hydrogen-bond acceptors (Lipinski definition) is 2. The van der Waals surface area contributed by atoms with Gasteiger partial charge >= 0.3 is 0 Å². The monoisotopic (exact) mass is 183 g/mol. The van der Waals surface area contributed by atoms with Crippen LogP contribution < -0.4 is 5.32 Å². The second kappa shape index (κ2) is 3.58. The molecule has 2 rings (SSSR count). The van der Waals surface area contributed by atoms with Crippen molar-refractivity contribution in [1.82, 2.24) is 5.32 Å². The van der Waals surface area contributed by atoms with Crippen molar-refractivity contribution in [3.05, 3.63) is 0 Å². The highest BCUT2D eigenvalue weighted by molar-refractivity contribution is 4.92. The van der Waals surface area contributed by atoms with Crippen LogP contribution in [0.5, 0.6) is 0 Å². The molecule has 13 heavy (non-hydrogen) atoms. The molecule has 0 amide bonds. The van der Waals surface area contributed by atoms with Gasteiger partial charge in [-0.15, -0.1) is 0 Å². The van der Waals surface area contributed by atoms with E-state index in [1.807, 2.05) is 0 Å². The fourth-order valence-corrected chi connectivity index (χ4v) is 2.88. The average Bonchev–Trinajstić information content (AvgIpc) is 2.06. The Balaban J connectivity index is 2.02. The van der Waals surface area contributed by atoms with Crippen LogP contribution in [0.2, 0.25) is 0 Å². The molecule has 0 aromatic carbocycles. The molecule has 0 bridgehead atoms. The molecule has 5 atom stereocenters. The molecular formula is C11H21NO. The van der Waals surface area contributed by atoms with Gasteiger partial charge < -0.3 is 10.1 Å². The molecule has 0 radical (unpaired) electrons. The smallest absolute Gasteiger partial charge is 0.0734 e. The Morgan fingerprint density at radius 2 is 1.92 bits per heavy atom. The second-order valence-corrected chi connectivity index (χ2v) is 5.02. The zero-order valence-corrected chi connectivity index (χ0v) is 8.92. The number of morpholine rings is 1. The SMILES string of the molecule is CC1CC(C)C2NC(C)COC2C1. The Kier molecular flexibility index (Phi) is 2.61. The van der Waals surface area contributed by atoms with Crippen molar-refractivity contribution in [3.8, 4) is 0 Å². The van der Waals surface area contributed by atoms with E-state index >= 15 is 0 Å². The molecule has 0 spiro atoms. The van der Waals surface area contributed by atoms with Crippen LogP contribution in [-0.2, 0) is 4.74 Å². The first-order valence-electron chi connectivity index (χ1n) is 5.54. The summed E-state index contributed by atoms with van der Waals surface area (Å²) in [4.78, 5) is 0. The molecule has 2 heteroatoms. The van der Waals surface area contributed by atoms with Crippen LogP contribution in [0.4, 0.5) is 0 Å². The van der Waals surface area contributed by atoms with Crippen LogP contribution in [0.1, 0.15) is 33.6 Å². The predicted molar refractivity (Wildman–Crippen MR) is 53.7 cm³/mol. The quantitative estimate of drug-likeness (QED) is 0.618. The Bertz CT molecular complexity index is 183. The van der Waals surface area contributed by atoms with E-state index in [1.54, 1.807) is 0 Å². The van der Waals surface area contributed by atoms with Crippen molar-refractivity contribution in [2.24, 2.45) is 11.8 Å². The Morgan fingerprint density at radius 1 is 1.15 bits per heavy atom. The van der Waals surface area contributed by atoms with Crippen molar-refractivity contribution >= 4 is 0 Å². The lowest BCUT2D eigenvalue weighted by atomic mass is 9.77. The third-order valence-corrected chi connectivity index (χ3v) is 3.46. The summed E-state index contributed by atoms with van der Waals surface area (Å²) in [6, 6.07) is 1.15. The van der Waals surface area contributed by atoms with Gasteiger partial charge in [-0.3, -0.25) is 0 Å². The van der Waals surface area contributed by atoms with E-state index in [2.05, 4.69) is 26.1 Å². The third kappa shape index (κ3) is 1.89. The lowest BCUT2D eigenvalue weighted by Crippen LogP contribution is -2.58. The van der Waals surface area contributed by atoms with Gasteiger partial charge in [-0.2, -0.15) is 0 Å². The first-order chi connectivity index (χ1) is 6.16. The van der Waals surface area contributed by atoms with Gasteiger partial charge in [-0.05, 0) is 31.6 Å². The third-order valence-electron chi connectivity index (χ3n) is 3.46. The molecule has 0 aromatic heterocycles. The van der Waals surface area contributed by atoms with Crippen LogP contribution in [0.15, 0.2) is 0 Å². The largest absolute Gasteiger partial charge is 0.375 e. The minimum absolute atomic E-state index is 0.481. The van der Waals surface area contributed by atoms with Gasteiger partial charge in [-0.25, -0.2) is 0 Å². The Labute approximate surface area is 81.0 Å². The van der Waals surface area contributed by atoms with Crippen LogP contribution in [-0.4, -0.2) is 24.8 Å². The van der Waals surface area contributed by atoms with Crippen molar-refractivity contribution in [2.45, 2.75) is 51.8 Å². The first kappa shape index (κ1) is 9.47. The molecular weight excluding hydrogens is 162 g/mol. The van der Waals surface area contributed by atoms with E-state index in [0.29, 0.717) is 18.2 Å². The van der Waals surface area contributed by atoms with E-state index in [9.17, 15) is 0 Å². The van der Waals surface area contributed by atoms with E-state index < -0.39 is 0 Å². The molecule has 1 saturated heterocycles. The standard InChI is InChI=1S/C11H21NO/c1-7-4-8(2)11-10(5-7)13-6-9(3)12-11/h7-12H,4-6H2,1-3H3. The molecule has 2 fully saturated rings. The van der Waals surface area contributed by atoms with Gasteiger partial charge in [0.15, 0.2) is 0 Å². The molecule has 1 N–H and O–H groups in total. The molecule has 2 aliphatic rings. The van der Waals surface area contributed by atoms with Crippen molar-refractivity contribution in [2.75, 3.05) is 6.61 Å². The van der Waals surface area contributed by atoms with Crippen LogP contribution in [0, 0.1) is 11.8 Å². The van der Waals surface area contributed by atoms with Crippen molar-refractivity contribution < 1.29 is 4.74 Å². The number of ether oxygens (including phenoxy) is 1. The Morgan fingerprint density at radius 3 is 2.69 bits per heavy atom. The van der Waals surface area contributed by atoms with E-state index in [-0.39, 0.29) is 0 Å². The maximum absolute atomic E-state index is 5.87. The highest BCUT2D eigenvalue weighted by atomic mass is 16.5. The summed E-state index contributed by atoms with van der Waals surface area (Å²) in [6.45, 7) is 7.79. The number of nitrogens with one attached hydrogen (secondary N) is 1.